The number of rotatable bonds is 5. The quantitative estimate of drug-likeness (QED) is 0.497. The van der Waals surface area contributed by atoms with E-state index in [4.69, 9.17) is 15.9 Å². The van der Waals surface area contributed by atoms with Crippen LogP contribution in [0.5, 0.6) is 5.75 Å². The van der Waals surface area contributed by atoms with Gasteiger partial charge in [0.2, 0.25) is 0 Å². The van der Waals surface area contributed by atoms with Crippen molar-refractivity contribution in [2.45, 2.75) is 10.9 Å². The van der Waals surface area contributed by atoms with E-state index in [-0.39, 0.29) is 5.84 Å². The number of ether oxygens (including phenoxy) is 1. The maximum absolute atomic E-state index is 7.56. The molecule has 5 nitrogen and oxygen atoms in total. The lowest BCUT2D eigenvalue weighted by Gasteiger charge is -2.09. The first kappa shape index (κ1) is 13.5. The zero-order valence-corrected chi connectivity index (χ0v) is 11.7. The Bertz CT molecular complexity index is 594. The lowest BCUT2D eigenvalue weighted by atomic mass is 10.1. The molecule has 6 heteroatoms. The van der Waals surface area contributed by atoms with Crippen molar-refractivity contribution in [3.8, 4) is 5.75 Å². The van der Waals surface area contributed by atoms with E-state index >= 15 is 0 Å². The molecular weight excluding hydrogens is 260 g/mol. The number of methoxy groups -OCH3 is 1. The van der Waals surface area contributed by atoms with E-state index in [9.17, 15) is 0 Å². The smallest absolute Gasteiger partial charge is 0.167 e. The predicted molar refractivity (Wildman–Crippen MR) is 76.8 cm³/mol. The summed E-state index contributed by atoms with van der Waals surface area (Å²) in [6.07, 6.45) is 3.69. The van der Waals surface area contributed by atoms with Crippen LogP contribution in [0.15, 0.2) is 35.7 Å². The van der Waals surface area contributed by atoms with Crippen molar-refractivity contribution in [1.82, 2.24) is 9.55 Å². The van der Waals surface area contributed by atoms with E-state index in [0.717, 1.165) is 16.5 Å². The van der Waals surface area contributed by atoms with Crippen LogP contribution in [0.3, 0.4) is 0 Å². The summed E-state index contributed by atoms with van der Waals surface area (Å²) < 4.78 is 7.16. The van der Waals surface area contributed by atoms with Crippen LogP contribution in [-0.2, 0) is 12.8 Å². The van der Waals surface area contributed by atoms with E-state index in [1.807, 2.05) is 36.0 Å². The molecule has 0 unspecified atom stereocenters. The summed E-state index contributed by atoms with van der Waals surface area (Å²) in [4.78, 5) is 4.26. The van der Waals surface area contributed by atoms with Gasteiger partial charge in [-0.2, -0.15) is 0 Å². The van der Waals surface area contributed by atoms with Crippen LogP contribution in [0.2, 0.25) is 0 Å². The summed E-state index contributed by atoms with van der Waals surface area (Å²) >= 11 is 1.64. The second-order valence-electron chi connectivity index (χ2n) is 4.06. The maximum Gasteiger partial charge on any atom is 0.167 e. The molecule has 3 N–H and O–H groups in total. The topological polar surface area (TPSA) is 76.9 Å². The van der Waals surface area contributed by atoms with Gasteiger partial charge in [-0.05, 0) is 17.7 Å². The number of nitrogens with zero attached hydrogens (tertiary/aromatic N) is 2. The van der Waals surface area contributed by atoms with Gasteiger partial charge in [0.1, 0.15) is 11.6 Å². The molecule has 0 spiro atoms. The van der Waals surface area contributed by atoms with Gasteiger partial charge in [0.15, 0.2) is 5.16 Å². The third kappa shape index (κ3) is 3.08. The average molecular weight is 276 g/mol. The standard InChI is InChI=1S/C13H16N4OS/c1-17-6-5-16-13(17)19-8-9-3-4-11(18-2)10(7-9)12(14)15/h3-7H,8H2,1-2H3,(H3,14,15). The number of benzene rings is 1. The molecule has 2 aromatic rings. The number of thioether (sulfide) groups is 1. The Labute approximate surface area is 116 Å². The normalized spacial score (nSPS) is 10.4. The zero-order valence-electron chi connectivity index (χ0n) is 10.9. The number of imidazole rings is 1. The molecule has 1 aromatic heterocycles. The van der Waals surface area contributed by atoms with Gasteiger partial charge in [-0.1, -0.05) is 17.8 Å². The first-order valence-corrected chi connectivity index (χ1v) is 6.72. The summed E-state index contributed by atoms with van der Waals surface area (Å²) in [7, 11) is 3.54. The van der Waals surface area contributed by atoms with Gasteiger partial charge in [-0.3, -0.25) is 5.41 Å². The van der Waals surface area contributed by atoms with Gasteiger partial charge in [0.25, 0.3) is 0 Å². The van der Waals surface area contributed by atoms with E-state index in [1.165, 1.54) is 0 Å². The van der Waals surface area contributed by atoms with Crippen molar-refractivity contribution >= 4 is 17.6 Å². The van der Waals surface area contributed by atoms with Gasteiger partial charge in [-0.15, -0.1) is 0 Å². The molecule has 0 saturated heterocycles. The van der Waals surface area contributed by atoms with Crippen molar-refractivity contribution < 1.29 is 4.74 Å². The Morgan fingerprint density at radius 2 is 2.32 bits per heavy atom. The Hall–Kier alpha value is -1.95. The Morgan fingerprint density at radius 1 is 1.53 bits per heavy atom. The molecule has 0 bridgehead atoms. The van der Waals surface area contributed by atoms with Gasteiger partial charge in [-0.25, -0.2) is 4.98 Å². The minimum atomic E-state index is 0.0145. The predicted octanol–water partition coefficient (Wildman–Crippen LogP) is 2.01. The van der Waals surface area contributed by atoms with Crippen molar-refractivity contribution in [3.05, 3.63) is 41.7 Å². The molecule has 0 atom stereocenters. The molecule has 100 valence electrons. The van der Waals surface area contributed by atoms with E-state index in [0.29, 0.717) is 11.3 Å². The molecule has 0 aliphatic rings. The highest BCUT2D eigenvalue weighted by atomic mass is 32.2. The van der Waals surface area contributed by atoms with Gasteiger partial charge in [0, 0.05) is 25.2 Å². The van der Waals surface area contributed by atoms with Crippen LogP contribution in [0.1, 0.15) is 11.1 Å². The largest absolute Gasteiger partial charge is 0.496 e. The highest BCUT2D eigenvalue weighted by molar-refractivity contribution is 7.98. The van der Waals surface area contributed by atoms with Gasteiger partial charge < -0.3 is 15.0 Å². The van der Waals surface area contributed by atoms with Crippen molar-refractivity contribution in [2.75, 3.05) is 7.11 Å². The fourth-order valence-corrected chi connectivity index (χ4v) is 2.57. The van der Waals surface area contributed by atoms with Gasteiger partial charge >= 0.3 is 0 Å². The van der Waals surface area contributed by atoms with E-state index in [2.05, 4.69) is 4.98 Å². The number of nitrogens with one attached hydrogen (secondary N) is 1. The summed E-state index contributed by atoms with van der Waals surface area (Å²) in [5.74, 6) is 1.41. The fourth-order valence-electron chi connectivity index (χ4n) is 1.69. The van der Waals surface area contributed by atoms with Crippen molar-refractivity contribution in [2.24, 2.45) is 12.8 Å². The molecule has 0 amide bonds. The highest BCUT2D eigenvalue weighted by Gasteiger charge is 2.08. The summed E-state index contributed by atoms with van der Waals surface area (Å²) in [6, 6.07) is 5.70. The number of nitrogen functional groups attached to an aromatic ring is 1. The van der Waals surface area contributed by atoms with Crippen LogP contribution in [0.25, 0.3) is 0 Å². The number of amidine groups is 1. The van der Waals surface area contributed by atoms with Crippen molar-refractivity contribution in [3.63, 3.8) is 0 Å². The minimum Gasteiger partial charge on any atom is -0.496 e. The Morgan fingerprint density at radius 3 is 2.89 bits per heavy atom. The molecule has 19 heavy (non-hydrogen) atoms. The lowest BCUT2D eigenvalue weighted by molar-refractivity contribution is 0.413. The lowest BCUT2D eigenvalue weighted by Crippen LogP contribution is -2.12. The molecule has 1 aromatic carbocycles. The SMILES string of the molecule is COc1ccc(CSc2nccn2C)cc1C(=N)N. The molecule has 0 radical (unpaired) electrons. The van der Waals surface area contributed by atoms with E-state index < -0.39 is 0 Å². The molecule has 0 aliphatic heterocycles. The van der Waals surface area contributed by atoms with Crippen LogP contribution >= 0.6 is 11.8 Å². The molecule has 2 rings (SSSR count). The average Bonchev–Trinajstić information content (AvgIpc) is 2.81. The summed E-state index contributed by atoms with van der Waals surface area (Å²) in [6.45, 7) is 0. The number of nitrogens with two attached hydrogens (primary N) is 1. The van der Waals surface area contributed by atoms with Crippen LogP contribution in [0, 0.1) is 5.41 Å². The summed E-state index contributed by atoms with van der Waals surface area (Å²) in [5.41, 5.74) is 7.26. The van der Waals surface area contributed by atoms with Crippen molar-refractivity contribution in [1.29, 1.82) is 5.41 Å². The first-order chi connectivity index (χ1) is 9.11. The number of hydrogen-bond acceptors (Lipinski definition) is 4. The van der Waals surface area contributed by atoms with Gasteiger partial charge in [0.05, 0.1) is 12.7 Å². The molecular formula is C13H16N4OS. The number of aryl methyl sites for hydroxylation is 1. The highest BCUT2D eigenvalue weighted by Crippen LogP contribution is 2.24. The molecule has 0 fully saturated rings. The zero-order chi connectivity index (χ0) is 13.8. The van der Waals surface area contributed by atoms with Crippen LogP contribution < -0.4 is 10.5 Å². The molecule has 0 saturated carbocycles. The van der Waals surface area contributed by atoms with Crippen LogP contribution in [-0.4, -0.2) is 22.5 Å². The minimum absolute atomic E-state index is 0.0145. The Balaban J connectivity index is 2.15. The third-order valence-corrected chi connectivity index (χ3v) is 3.83. The number of aromatic nitrogens is 2. The second kappa shape index (κ2) is 5.79. The first-order valence-electron chi connectivity index (χ1n) is 5.73. The van der Waals surface area contributed by atoms with E-state index in [1.54, 1.807) is 25.1 Å². The fraction of sp³-hybridized carbons (Fsp3) is 0.231. The third-order valence-electron chi connectivity index (χ3n) is 2.70. The molecule has 1 heterocycles. The second-order valence-corrected chi connectivity index (χ2v) is 5.00. The Kier molecular flexibility index (Phi) is 4.11. The monoisotopic (exact) mass is 276 g/mol. The van der Waals surface area contributed by atoms with Crippen LogP contribution in [0.4, 0.5) is 0 Å². The molecule has 0 aliphatic carbocycles. The maximum atomic E-state index is 7.56. The number of hydrogen-bond donors (Lipinski definition) is 2. The summed E-state index contributed by atoms with van der Waals surface area (Å²) in [5, 5.41) is 8.51.